The first-order chi connectivity index (χ1) is 11.1. The topological polar surface area (TPSA) is 79.6 Å². The molecule has 23 heavy (non-hydrogen) atoms. The van der Waals surface area contributed by atoms with E-state index in [0.717, 1.165) is 16.7 Å². The molecule has 1 saturated heterocycles. The lowest BCUT2D eigenvalue weighted by Crippen LogP contribution is -2.27. The molecule has 6 nitrogen and oxygen atoms in total. The van der Waals surface area contributed by atoms with Gasteiger partial charge < -0.3 is 9.47 Å². The maximum atomic E-state index is 12.1. The predicted octanol–water partition coefficient (Wildman–Crippen LogP) is 2.82. The number of benzene rings is 1. The van der Waals surface area contributed by atoms with Gasteiger partial charge in [0, 0.05) is 6.54 Å². The van der Waals surface area contributed by atoms with Crippen molar-refractivity contribution in [1.29, 1.82) is 5.26 Å². The number of imide groups is 1. The van der Waals surface area contributed by atoms with Crippen LogP contribution in [0.2, 0.25) is 0 Å². The number of nitriles is 1. The molecule has 1 fully saturated rings. The molecule has 0 saturated carbocycles. The van der Waals surface area contributed by atoms with Crippen molar-refractivity contribution < 1.29 is 19.1 Å². The lowest BCUT2D eigenvalue weighted by atomic mass is 10.2. The molecule has 1 aromatic carbocycles. The molecule has 7 heteroatoms. The fourth-order valence-corrected chi connectivity index (χ4v) is 2.79. The lowest BCUT2D eigenvalue weighted by molar-refractivity contribution is -0.122. The summed E-state index contributed by atoms with van der Waals surface area (Å²) >= 11 is 0.884. The predicted molar refractivity (Wildman–Crippen MR) is 87.0 cm³/mol. The zero-order valence-corrected chi connectivity index (χ0v) is 13.3. The first kappa shape index (κ1) is 16.6. The van der Waals surface area contributed by atoms with Gasteiger partial charge >= 0.3 is 0 Å². The monoisotopic (exact) mass is 330 g/mol. The Morgan fingerprint density at radius 1 is 1.39 bits per heavy atom. The molecular formula is C16H14N2O4S. The summed E-state index contributed by atoms with van der Waals surface area (Å²) < 4.78 is 10.4. The Hall–Kier alpha value is -2.72. The van der Waals surface area contributed by atoms with Crippen molar-refractivity contribution in [3.05, 3.63) is 41.3 Å². The molecule has 1 aliphatic rings. The van der Waals surface area contributed by atoms with Gasteiger partial charge in [0.25, 0.3) is 11.1 Å². The van der Waals surface area contributed by atoms with E-state index in [9.17, 15) is 9.59 Å². The summed E-state index contributed by atoms with van der Waals surface area (Å²) in [5.41, 5.74) is 0.690. The minimum atomic E-state index is -0.344. The quantitative estimate of drug-likeness (QED) is 0.589. The van der Waals surface area contributed by atoms with Gasteiger partial charge in [-0.1, -0.05) is 12.1 Å². The molecule has 0 aliphatic carbocycles. The Labute approximate surface area is 138 Å². The molecule has 2 rings (SSSR count). The highest BCUT2D eigenvalue weighted by molar-refractivity contribution is 8.18. The van der Waals surface area contributed by atoms with Gasteiger partial charge in [-0.05, 0) is 35.5 Å². The van der Waals surface area contributed by atoms with Gasteiger partial charge in [0.1, 0.15) is 6.07 Å². The summed E-state index contributed by atoms with van der Waals surface area (Å²) in [5.74, 6) is 0.536. The Balaban J connectivity index is 2.26. The van der Waals surface area contributed by atoms with E-state index in [1.807, 2.05) is 6.07 Å². The van der Waals surface area contributed by atoms with E-state index >= 15 is 0 Å². The van der Waals surface area contributed by atoms with Crippen LogP contribution in [0.3, 0.4) is 0 Å². The van der Waals surface area contributed by atoms with Crippen molar-refractivity contribution in [3.8, 4) is 17.6 Å². The van der Waals surface area contributed by atoms with Crippen molar-refractivity contribution in [3.63, 3.8) is 0 Å². The summed E-state index contributed by atoms with van der Waals surface area (Å²) in [4.78, 5) is 25.4. The van der Waals surface area contributed by atoms with Gasteiger partial charge in [0.15, 0.2) is 18.1 Å². The molecule has 1 aromatic rings. The summed E-state index contributed by atoms with van der Waals surface area (Å²) in [6.45, 7) is 3.63. The number of hydrogen-bond donors (Lipinski definition) is 0. The van der Waals surface area contributed by atoms with Crippen LogP contribution in [-0.2, 0) is 4.79 Å². The number of thioether (sulfide) groups is 1. The van der Waals surface area contributed by atoms with Crippen LogP contribution < -0.4 is 9.47 Å². The van der Waals surface area contributed by atoms with Crippen molar-refractivity contribution in [2.75, 3.05) is 20.3 Å². The first-order valence-corrected chi connectivity index (χ1v) is 7.46. The van der Waals surface area contributed by atoms with Crippen LogP contribution in [0.4, 0.5) is 4.79 Å². The number of carbonyl (C=O) groups is 2. The van der Waals surface area contributed by atoms with E-state index in [0.29, 0.717) is 22.0 Å². The molecule has 0 spiro atoms. The minimum Gasteiger partial charge on any atom is -0.493 e. The summed E-state index contributed by atoms with van der Waals surface area (Å²) in [6.07, 6.45) is 3.12. The maximum absolute atomic E-state index is 12.1. The van der Waals surface area contributed by atoms with Crippen molar-refractivity contribution in [2.24, 2.45) is 0 Å². The Bertz CT molecular complexity index is 721. The van der Waals surface area contributed by atoms with Gasteiger partial charge in [-0.25, -0.2) is 0 Å². The van der Waals surface area contributed by atoms with Gasteiger partial charge in [-0.3, -0.25) is 14.5 Å². The molecule has 0 aromatic heterocycles. The molecule has 0 bridgehead atoms. The van der Waals surface area contributed by atoms with E-state index in [4.69, 9.17) is 14.7 Å². The molecule has 1 aliphatic heterocycles. The van der Waals surface area contributed by atoms with Crippen LogP contribution in [0.1, 0.15) is 5.56 Å². The largest absolute Gasteiger partial charge is 0.493 e. The molecule has 0 radical (unpaired) electrons. The highest BCUT2D eigenvalue weighted by Gasteiger charge is 2.34. The average molecular weight is 330 g/mol. The Morgan fingerprint density at radius 3 is 2.83 bits per heavy atom. The zero-order chi connectivity index (χ0) is 16.8. The first-order valence-electron chi connectivity index (χ1n) is 6.64. The SMILES string of the molecule is C=CCN1C(=O)S/C(=C\c2ccc(OCC#N)c(OC)c2)C1=O. The Kier molecular flexibility index (Phi) is 5.44. The maximum Gasteiger partial charge on any atom is 0.293 e. The standard InChI is InChI=1S/C16H14N2O4S/c1-3-7-18-15(19)14(23-16(18)20)10-11-4-5-12(22-8-6-17)13(9-11)21-2/h3-5,9-10H,1,7-8H2,2H3/b14-10-. The molecule has 0 unspecified atom stereocenters. The highest BCUT2D eigenvalue weighted by atomic mass is 32.2. The van der Waals surface area contributed by atoms with Gasteiger partial charge in [-0.15, -0.1) is 6.58 Å². The van der Waals surface area contributed by atoms with E-state index in [1.165, 1.54) is 13.2 Å². The molecule has 118 valence electrons. The average Bonchev–Trinajstić information content (AvgIpc) is 2.81. The number of rotatable bonds is 6. The highest BCUT2D eigenvalue weighted by Crippen LogP contribution is 2.34. The smallest absolute Gasteiger partial charge is 0.293 e. The van der Waals surface area contributed by atoms with Gasteiger partial charge in [0.05, 0.1) is 12.0 Å². The van der Waals surface area contributed by atoms with Crippen LogP contribution in [0.15, 0.2) is 35.8 Å². The van der Waals surface area contributed by atoms with E-state index in [1.54, 1.807) is 24.3 Å². The third-order valence-corrected chi connectivity index (χ3v) is 3.87. The van der Waals surface area contributed by atoms with Crippen LogP contribution in [0.25, 0.3) is 6.08 Å². The molecule has 0 N–H and O–H groups in total. The van der Waals surface area contributed by atoms with Gasteiger partial charge in [0.2, 0.25) is 0 Å². The lowest BCUT2D eigenvalue weighted by Gasteiger charge is -2.09. The third-order valence-electron chi connectivity index (χ3n) is 2.96. The summed E-state index contributed by atoms with van der Waals surface area (Å²) in [5, 5.41) is 8.23. The Morgan fingerprint density at radius 2 is 2.17 bits per heavy atom. The van der Waals surface area contributed by atoms with Crippen molar-refractivity contribution in [1.82, 2.24) is 4.90 Å². The van der Waals surface area contributed by atoms with E-state index < -0.39 is 0 Å². The number of carbonyl (C=O) groups excluding carboxylic acids is 2. The number of amides is 2. The van der Waals surface area contributed by atoms with Crippen molar-refractivity contribution in [2.45, 2.75) is 0 Å². The summed E-state index contributed by atoms with van der Waals surface area (Å²) in [6, 6.07) is 6.92. The fraction of sp³-hybridized carbons (Fsp3) is 0.188. The number of ether oxygens (including phenoxy) is 2. The third kappa shape index (κ3) is 3.73. The molecular weight excluding hydrogens is 316 g/mol. The second-order valence-corrected chi connectivity index (χ2v) is 5.43. The van der Waals surface area contributed by atoms with Gasteiger partial charge in [-0.2, -0.15) is 5.26 Å². The molecule has 1 heterocycles. The van der Waals surface area contributed by atoms with Crippen LogP contribution in [0, 0.1) is 11.3 Å². The number of nitrogens with zero attached hydrogens (tertiary/aromatic N) is 2. The second kappa shape index (κ2) is 7.51. The normalized spacial score (nSPS) is 15.7. The van der Waals surface area contributed by atoms with Crippen LogP contribution >= 0.6 is 11.8 Å². The van der Waals surface area contributed by atoms with E-state index in [-0.39, 0.29) is 24.3 Å². The second-order valence-electron chi connectivity index (χ2n) is 4.44. The number of methoxy groups -OCH3 is 1. The fourth-order valence-electron chi connectivity index (χ4n) is 1.94. The van der Waals surface area contributed by atoms with Crippen LogP contribution in [-0.4, -0.2) is 36.3 Å². The minimum absolute atomic E-state index is 0.0872. The molecule has 2 amide bonds. The van der Waals surface area contributed by atoms with Crippen LogP contribution in [0.5, 0.6) is 11.5 Å². The number of hydrogen-bond acceptors (Lipinski definition) is 6. The zero-order valence-electron chi connectivity index (χ0n) is 12.4. The van der Waals surface area contributed by atoms with E-state index in [2.05, 4.69) is 6.58 Å². The molecule has 0 atom stereocenters. The summed E-state index contributed by atoms with van der Waals surface area (Å²) in [7, 11) is 1.48. The van der Waals surface area contributed by atoms with Crippen molar-refractivity contribution >= 4 is 29.0 Å².